The van der Waals surface area contributed by atoms with Crippen LogP contribution >= 0.6 is 11.3 Å². The number of hydrogen-bond donors (Lipinski definition) is 1. The molecule has 0 amide bonds. The van der Waals surface area contributed by atoms with Gasteiger partial charge in [-0.15, -0.1) is 11.3 Å². The van der Waals surface area contributed by atoms with E-state index in [1.165, 1.54) is 12.1 Å². The maximum Gasteiger partial charge on any atom is 0.416 e. The summed E-state index contributed by atoms with van der Waals surface area (Å²) >= 11 is 1.61. The fourth-order valence-electron chi connectivity index (χ4n) is 4.78. The Balaban J connectivity index is 1.26. The Hall–Kier alpha value is -5.22. The number of alkyl halides is 3. The second kappa shape index (κ2) is 10.9. The lowest BCUT2D eigenvalue weighted by molar-refractivity contribution is -0.137. The van der Waals surface area contributed by atoms with Gasteiger partial charge in [0.15, 0.2) is 22.8 Å². The van der Waals surface area contributed by atoms with Crippen molar-refractivity contribution in [3.63, 3.8) is 0 Å². The summed E-state index contributed by atoms with van der Waals surface area (Å²) in [4.78, 5) is 14.4. The summed E-state index contributed by atoms with van der Waals surface area (Å²) in [5.41, 5.74) is 2.77. The van der Waals surface area contributed by atoms with E-state index in [9.17, 15) is 13.2 Å². The summed E-state index contributed by atoms with van der Waals surface area (Å²) in [5, 5.41) is 6.45. The van der Waals surface area contributed by atoms with Crippen molar-refractivity contribution in [3.8, 4) is 22.9 Å². The van der Waals surface area contributed by atoms with Gasteiger partial charge < -0.3 is 14.6 Å². The van der Waals surface area contributed by atoms with E-state index in [2.05, 4.69) is 16.4 Å². The maximum absolute atomic E-state index is 13.1. The minimum atomic E-state index is -4.39. The number of hydrogen-bond acceptors (Lipinski definition) is 6. The van der Waals surface area contributed by atoms with Crippen molar-refractivity contribution >= 4 is 44.1 Å². The molecule has 10 heteroatoms. The first-order chi connectivity index (χ1) is 20.9. The fourth-order valence-corrected chi connectivity index (χ4v) is 5.72. The number of ether oxygens (including phenoxy) is 1. The third-order valence-corrected chi connectivity index (χ3v) is 7.88. The molecule has 0 atom stereocenters. The number of benzene rings is 4. The van der Waals surface area contributed by atoms with Crippen LogP contribution < -0.4 is 10.1 Å². The molecule has 0 radical (unpaired) electrons. The average Bonchev–Trinajstić information content (AvgIpc) is 3.63. The maximum atomic E-state index is 13.1. The van der Waals surface area contributed by atoms with Crippen LogP contribution in [-0.2, 0) is 12.7 Å². The van der Waals surface area contributed by atoms with Gasteiger partial charge in [0, 0.05) is 26.7 Å². The van der Waals surface area contributed by atoms with Crippen LogP contribution in [0.3, 0.4) is 0 Å². The summed E-state index contributed by atoms with van der Waals surface area (Å²) in [7, 11) is 0. The van der Waals surface area contributed by atoms with E-state index in [-0.39, 0.29) is 0 Å². The van der Waals surface area contributed by atoms with E-state index in [1.807, 2.05) is 82.7 Å². The Kier molecular flexibility index (Phi) is 6.75. The molecule has 0 spiro atoms. The van der Waals surface area contributed by atoms with Crippen molar-refractivity contribution in [3.05, 3.63) is 126 Å². The highest BCUT2D eigenvalue weighted by atomic mass is 32.1. The molecule has 7 rings (SSSR count). The van der Waals surface area contributed by atoms with Crippen molar-refractivity contribution in [1.82, 2.24) is 19.5 Å². The Morgan fingerprint density at radius 1 is 0.791 bits per heavy atom. The molecule has 3 heterocycles. The average molecular weight is 594 g/mol. The highest BCUT2D eigenvalue weighted by Gasteiger charge is 2.30. The van der Waals surface area contributed by atoms with Gasteiger partial charge in [-0.05, 0) is 60.2 Å². The molecule has 4 aromatic carbocycles. The zero-order valence-corrected chi connectivity index (χ0v) is 23.2. The molecule has 43 heavy (non-hydrogen) atoms. The van der Waals surface area contributed by atoms with Gasteiger partial charge in [0.2, 0.25) is 0 Å². The summed E-state index contributed by atoms with van der Waals surface area (Å²) < 4.78 is 48.1. The second-order valence-corrected chi connectivity index (χ2v) is 10.8. The van der Waals surface area contributed by atoms with E-state index < -0.39 is 11.7 Å². The van der Waals surface area contributed by atoms with Gasteiger partial charge in [0.05, 0.1) is 18.4 Å². The minimum Gasteiger partial charge on any atom is -0.457 e. The van der Waals surface area contributed by atoms with Gasteiger partial charge in [0.1, 0.15) is 11.5 Å². The molecule has 3 aromatic heterocycles. The molecular formula is C33H22F3N5OS. The van der Waals surface area contributed by atoms with Crippen molar-refractivity contribution in [2.75, 3.05) is 5.32 Å². The number of para-hydroxylation sites is 1. The van der Waals surface area contributed by atoms with E-state index in [0.29, 0.717) is 40.7 Å². The zero-order valence-electron chi connectivity index (χ0n) is 22.4. The van der Waals surface area contributed by atoms with Crippen LogP contribution in [0, 0.1) is 0 Å². The number of fused-ring (bicyclic) bond motifs is 2. The normalized spacial score (nSPS) is 11.7. The quantitative estimate of drug-likeness (QED) is 0.200. The lowest BCUT2D eigenvalue weighted by Crippen LogP contribution is -2.06. The van der Waals surface area contributed by atoms with Gasteiger partial charge >= 0.3 is 6.18 Å². The highest BCUT2D eigenvalue weighted by Crippen LogP contribution is 2.35. The predicted molar refractivity (Wildman–Crippen MR) is 163 cm³/mol. The zero-order chi connectivity index (χ0) is 29.4. The van der Waals surface area contributed by atoms with Crippen LogP contribution in [0.4, 0.5) is 24.7 Å². The third-order valence-electron chi connectivity index (χ3n) is 6.92. The largest absolute Gasteiger partial charge is 0.457 e. The number of nitrogens with zero attached hydrogens (tertiary/aromatic N) is 4. The van der Waals surface area contributed by atoms with Crippen LogP contribution in [0.2, 0.25) is 0 Å². The molecule has 0 fully saturated rings. The van der Waals surface area contributed by atoms with Gasteiger partial charge in [-0.1, -0.05) is 48.5 Å². The van der Waals surface area contributed by atoms with Crippen molar-refractivity contribution < 1.29 is 17.9 Å². The number of aromatic nitrogens is 4. The molecule has 7 aromatic rings. The fraction of sp³-hybridized carbons (Fsp3) is 0.0606. The number of halogens is 3. The first-order valence-corrected chi connectivity index (χ1v) is 14.2. The molecule has 0 aliphatic rings. The molecule has 0 unspecified atom stereocenters. The van der Waals surface area contributed by atoms with Crippen LogP contribution in [0.15, 0.2) is 115 Å². The van der Waals surface area contributed by atoms with Gasteiger partial charge in [-0.2, -0.15) is 13.2 Å². The molecule has 212 valence electrons. The summed E-state index contributed by atoms with van der Waals surface area (Å²) in [6.07, 6.45) is -2.76. The molecular weight excluding hydrogens is 571 g/mol. The molecule has 0 aliphatic carbocycles. The van der Waals surface area contributed by atoms with Crippen LogP contribution in [0.1, 0.15) is 11.1 Å². The number of rotatable bonds is 7. The topological polar surface area (TPSA) is 64.9 Å². The Morgan fingerprint density at radius 3 is 2.28 bits per heavy atom. The first-order valence-electron chi connectivity index (χ1n) is 13.4. The predicted octanol–water partition coefficient (Wildman–Crippen LogP) is 9.31. The smallest absolute Gasteiger partial charge is 0.416 e. The molecule has 0 aliphatic heterocycles. The Morgan fingerprint density at radius 2 is 1.51 bits per heavy atom. The second-order valence-electron chi connectivity index (χ2n) is 9.85. The highest BCUT2D eigenvalue weighted by molar-refractivity contribution is 7.17. The molecule has 6 nitrogen and oxygen atoms in total. The first kappa shape index (κ1) is 26.7. The van der Waals surface area contributed by atoms with Crippen LogP contribution in [0.5, 0.6) is 11.5 Å². The number of nitrogens with one attached hydrogen (secondary N) is 1. The lowest BCUT2D eigenvalue weighted by atomic mass is 10.1. The monoisotopic (exact) mass is 593 g/mol. The summed E-state index contributed by atoms with van der Waals surface area (Å²) in [5.74, 6) is 2.46. The van der Waals surface area contributed by atoms with Crippen LogP contribution in [0.25, 0.3) is 32.6 Å². The number of thiophene rings is 1. The Bertz CT molecular complexity index is 2040. The van der Waals surface area contributed by atoms with Crippen molar-refractivity contribution in [1.29, 1.82) is 0 Å². The SMILES string of the molecule is FC(F)(F)c1ccc(Cn2cnc3c(Nc4ccc(Oc5ccccc5)cc4)nc(-c4csc5ccccc45)nc32)cc1. The Labute approximate surface area is 248 Å². The lowest BCUT2D eigenvalue weighted by Gasteiger charge is -2.11. The van der Waals surface area contributed by atoms with Gasteiger partial charge in [-0.3, -0.25) is 0 Å². The summed E-state index contributed by atoms with van der Waals surface area (Å²) in [6, 6.07) is 30.2. The van der Waals surface area contributed by atoms with Crippen molar-refractivity contribution in [2.24, 2.45) is 0 Å². The van der Waals surface area contributed by atoms with Crippen LogP contribution in [-0.4, -0.2) is 19.5 Å². The minimum absolute atomic E-state index is 0.292. The molecule has 0 saturated heterocycles. The number of imidazole rings is 1. The van der Waals surface area contributed by atoms with E-state index in [1.54, 1.807) is 17.7 Å². The molecule has 1 N–H and O–H groups in total. The third kappa shape index (κ3) is 5.52. The van der Waals surface area contributed by atoms with Crippen molar-refractivity contribution in [2.45, 2.75) is 12.7 Å². The standard InChI is InChI=1S/C33H22F3N5OS/c34-33(35,36)22-12-10-21(11-13-22)18-41-20-37-29-31(38-23-14-16-25(17-15-23)42-24-6-2-1-3-7-24)39-30(40-32(29)41)27-19-43-28-9-5-4-8-26(27)28/h1-17,19-20H,18H2,(H,38,39,40). The number of anilines is 2. The van der Waals surface area contributed by atoms with Gasteiger partial charge in [0.25, 0.3) is 0 Å². The van der Waals surface area contributed by atoms with E-state index >= 15 is 0 Å². The van der Waals surface area contributed by atoms with E-state index in [4.69, 9.17) is 14.7 Å². The molecule has 0 saturated carbocycles. The van der Waals surface area contributed by atoms with E-state index in [0.717, 1.165) is 39.2 Å². The molecule has 0 bridgehead atoms. The van der Waals surface area contributed by atoms with Gasteiger partial charge in [-0.25, -0.2) is 15.0 Å². The summed E-state index contributed by atoms with van der Waals surface area (Å²) in [6.45, 7) is 0.292.